The van der Waals surface area contributed by atoms with E-state index >= 15 is 0 Å². The minimum Gasteiger partial charge on any atom is -0.368 e. The summed E-state index contributed by atoms with van der Waals surface area (Å²) >= 11 is 0. The molecule has 7 nitrogen and oxygen atoms in total. The van der Waals surface area contributed by atoms with E-state index in [0.29, 0.717) is 24.0 Å². The third-order valence-electron chi connectivity index (χ3n) is 5.66. The molecule has 0 bridgehead atoms. The summed E-state index contributed by atoms with van der Waals surface area (Å²) in [6.45, 7) is 3.63. The van der Waals surface area contributed by atoms with E-state index in [9.17, 15) is 13.2 Å². The first-order chi connectivity index (χ1) is 14.0. The number of nitrogens with zero attached hydrogens (tertiary/aromatic N) is 2. The summed E-state index contributed by atoms with van der Waals surface area (Å²) in [5, 5.41) is 7.07. The van der Waals surface area contributed by atoms with E-state index in [2.05, 4.69) is 15.5 Å². The number of nitrogens with one attached hydrogen (secondary N) is 2. The molecule has 2 aliphatic rings. The Bertz CT molecular complexity index is 1210. The maximum absolute atomic E-state index is 13.4. The van der Waals surface area contributed by atoms with Crippen LogP contribution >= 0.6 is 0 Å². The molecule has 2 aliphatic heterocycles. The maximum Gasteiger partial charge on any atom is 0.268 e. The van der Waals surface area contributed by atoms with Crippen molar-refractivity contribution >= 4 is 38.2 Å². The monoisotopic (exact) mass is 410 g/mol. The summed E-state index contributed by atoms with van der Waals surface area (Å²) in [6.07, 6.45) is 2.55. The standard InChI is InChI=1S/C21H22N4O3S/c26-21-7-4-15-14-16(5-6-18(15)23-21)29(27,28)25-11-8-17-19(2-1-3-20(17)25)24-12-9-22-10-13-24/h1-3,5-6,8,11,14,22H,4,7,9-10,12-13H2,(H,23,26). The van der Waals surface area contributed by atoms with E-state index in [4.69, 9.17) is 0 Å². The van der Waals surface area contributed by atoms with E-state index in [1.165, 1.54) is 3.97 Å². The number of anilines is 2. The fraction of sp³-hybridized carbons (Fsp3) is 0.286. The van der Waals surface area contributed by atoms with Crippen molar-refractivity contribution < 1.29 is 13.2 Å². The molecule has 150 valence electrons. The zero-order valence-corrected chi connectivity index (χ0v) is 16.7. The van der Waals surface area contributed by atoms with Crippen LogP contribution in [0.15, 0.2) is 53.6 Å². The van der Waals surface area contributed by atoms with Crippen LogP contribution in [0.1, 0.15) is 12.0 Å². The Balaban J connectivity index is 1.57. The van der Waals surface area contributed by atoms with Crippen LogP contribution in [-0.4, -0.2) is 44.5 Å². The molecule has 1 aromatic heterocycles. The number of fused-ring (bicyclic) bond motifs is 2. The molecule has 1 fully saturated rings. The first kappa shape index (κ1) is 18.2. The smallest absolute Gasteiger partial charge is 0.268 e. The lowest BCUT2D eigenvalue weighted by Crippen LogP contribution is -2.43. The summed E-state index contributed by atoms with van der Waals surface area (Å²) in [6, 6.07) is 12.6. The molecule has 5 rings (SSSR count). The summed E-state index contributed by atoms with van der Waals surface area (Å²) in [5.74, 6) is -0.0371. The maximum atomic E-state index is 13.4. The van der Waals surface area contributed by atoms with Crippen LogP contribution in [0.5, 0.6) is 0 Å². The van der Waals surface area contributed by atoms with E-state index < -0.39 is 10.0 Å². The Morgan fingerprint density at radius 1 is 0.966 bits per heavy atom. The van der Waals surface area contributed by atoms with Gasteiger partial charge in [0.15, 0.2) is 0 Å². The molecule has 2 aromatic carbocycles. The number of hydrogen-bond acceptors (Lipinski definition) is 5. The van der Waals surface area contributed by atoms with Crippen LogP contribution in [0.3, 0.4) is 0 Å². The number of carbonyl (C=O) groups excluding carboxylic acids is 1. The van der Waals surface area contributed by atoms with Gasteiger partial charge in [-0.3, -0.25) is 4.79 Å². The third kappa shape index (κ3) is 3.08. The van der Waals surface area contributed by atoms with Crippen LogP contribution in [0.25, 0.3) is 10.9 Å². The number of carbonyl (C=O) groups is 1. The second-order valence-electron chi connectivity index (χ2n) is 7.43. The van der Waals surface area contributed by atoms with Gasteiger partial charge in [0.1, 0.15) is 0 Å². The molecule has 3 heterocycles. The van der Waals surface area contributed by atoms with Crippen LogP contribution in [0, 0.1) is 0 Å². The van der Waals surface area contributed by atoms with Gasteiger partial charge in [0.2, 0.25) is 5.91 Å². The molecular weight excluding hydrogens is 388 g/mol. The van der Waals surface area contributed by atoms with Crippen LogP contribution in [0.4, 0.5) is 11.4 Å². The summed E-state index contributed by atoms with van der Waals surface area (Å²) in [4.78, 5) is 14.1. The summed E-state index contributed by atoms with van der Waals surface area (Å²) in [7, 11) is -3.74. The number of aryl methyl sites for hydroxylation is 1. The molecule has 0 aliphatic carbocycles. The lowest BCUT2D eigenvalue weighted by molar-refractivity contribution is -0.116. The number of piperazine rings is 1. The van der Waals surface area contributed by atoms with Crippen LogP contribution in [0.2, 0.25) is 0 Å². The van der Waals surface area contributed by atoms with E-state index in [1.807, 2.05) is 24.3 Å². The van der Waals surface area contributed by atoms with Crippen molar-refractivity contribution in [3.8, 4) is 0 Å². The van der Waals surface area contributed by atoms with E-state index in [-0.39, 0.29) is 10.8 Å². The van der Waals surface area contributed by atoms with Crippen molar-refractivity contribution in [2.75, 3.05) is 36.4 Å². The highest BCUT2D eigenvalue weighted by Gasteiger charge is 2.24. The van der Waals surface area contributed by atoms with Crippen molar-refractivity contribution in [1.29, 1.82) is 0 Å². The van der Waals surface area contributed by atoms with E-state index in [1.54, 1.807) is 24.4 Å². The normalized spacial score (nSPS) is 17.2. The molecule has 1 saturated heterocycles. The van der Waals surface area contributed by atoms with Gasteiger partial charge >= 0.3 is 0 Å². The van der Waals surface area contributed by atoms with Gasteiger partial charge in [-0.2, -0.15) is 0 Å². The highest BCUT2D eigenvalue weighted by Crippen LogP contribution is 2.32. The molecule has 3 aromatic rings. The lowest BCUT2D eigenvalue weighted by Gasteiger charge is -2.30. The summed E-state index contributed by atoms with van der Waals surface area (Å²) in [5.41, 5.74) is 3.28. The van der Waals surface area contributed by atoms with Gasteiger partial charge in [-0.1, -0.05) is 6.07 Å². The number of hydrogen-bond donors (Lipinski definition) is 2. The average Bonchev–Trinajstić information content (AvgIpc) is 3.19. The van der Waals surface area contributed by atoms with Gasteiger partial charge in [0.05, 0.1) is 10.4 Å². The van der Waals surface area contributed by atoms with Gasteiger partial charge in [-0.15, -0.1) is 0 Å². The molecule has 0 atom stereocenters. The van der Waals surface area contributed by atoms with Gasteiger partial charge in [0, 0.05) is 55.6 Å². The van der Waals surface area contributed by atoms with Gasteiger partial charge in [-0.25, -0.2) is 12.4 Å². The molecule has 0 unspecified atom stereocenters. The highest BCUT2D eigenvalue weighted by atomic mass is 32.2. The van der Waals surface area contributed by atoms with Gasteiger partial charge < -0.3 is 15.5 Å². The first-order valence-corrected chi connectivity index (χ1v) is 11.2. The number of amides is 1. The van der Waals surface area contributed by atoms with Crippen molar-refractivity contribution in [3.63, 3.8) is 0 Å². The Kier molecular flexibility index (Phi) is 4.33. The van der Waals surface area contributed by atoms with Crippen molar-refractivity contribution in [2.45, 2.75) is 17.7 Å². The number of aromatic nitrogens is 1. The van der Waals surface area contributed by atoms with Crippen LogP contribution in [-0.2, 0) is 21.2 Å². The predicted molar refractivity (Wildman–Crippen MR) is 113 cm³/mol. The summed E-state index contributed by atoms with van der Waals surface area (Å²) < 4.78 is 28.2. The molecule has 0 radical (unpaired) electrons. The molecule has 29 heavy (non-hydrogen) atoms. The zero-order chi connectivity index (χ0) is 20.0. The largest absolute Gasteiger partial charge is 0.368 e. The fourth-order valence-electron chi connectivity index (χ4n) is 4.15. The molecule has 1 amide bonds. The second kappa shape index (κ2) is 6.89. The number of benzene rings is 2. The minimum absolute atomic E-state index is 0.0371. The lowest BCUT2D eigenvalue weighted by atomic mass is 10.0. The Morgan fingerprint density at radius 2 is 1.79 bits per heavy atom. The third-order valence-corrected chi connectivity index (χ3v) is 7.35. The molecule has 8 heteroatoms. The molecular formula is C21H22N4O3S. The molecule has 0 spiro atoms. The van der Waals surface area contributed by atoms with Gasteiger partial charge in [-0.05, 0) is 48.4 Å². The van der Waals surface area contributed by atoms with Crippen molar-refractivity contribution in [3.05, 3.63) is 54.2 Å². The molecule has 0 saturated carbocycles. The topological polar surface area (TPSA) is 83.4 Å². The first-order valence-electron chi connectivity index (χ1n) is 9.78. The average molecular weight is 410 g/mol. The number of rotatable bonds is 3. The fourth-order valence-corrected chi connectivity index (χ4v) is 5.55. The predicted octanol–water partition coefficient (Wildman–Crippen LogP) is 2.17. The zero-order valence-electron chi connectivity index (χ0n) is 15.9. The van der Waals surface area contributed by atoms with Crippen LogP contribution < -0.4 is 15.5 Å². The second-order valence-corrected chi connectivity index (χ2v) is 9.25. The van der Waals surface area contributed by atoms with E-state index in [0.717, 1.165) is 42.8 Å². The minimum atomic E-state index is -3.74. The van der Waals surface area contributed by atoms with Gasteiger partial charge in [0.25, 0.3) is 10.0 Å². The quantitative estimate of drug-likeness (QED) is 0.692. The molecule has 2 N–H and O–H groups in total. The van der Waals surface area contributed by atoms with Crippen molar-refractivity contribution in [2.24, 2.45) is 0 Å². The van der Waals surface area contributed by atoms with Crippen molar-refractivity contribution in [1.82, 2.24) is 9.29 Å². The Labute approximate surface area is 169 Å². The Hall–Kier alpha value is -2.84. The highest BCUT2D eigenvalue weighted by molar-refractivity contribution is 7.90. The SMILES string of the molecule is O=C1CCc2cc(S(=O)(=O)n3ccc4c(N5CCNCC5)cccc43)ccc2N1. The Morgan fingerprint density at radius 3 is 2.62 bits per heavy atom.